The number of benzene rings is 1. The quantitative estimate of drug-likeness (QED) is 0.919. The summed E-state index contributed by atoms with van der Waals surface area (Å²) >= 11 is 3.29. The lowest BCUT2D eigenvalue weighted by Crippen LogP contribution is -2.32. The second-order valence-corrected chi connectivity index (χ2v) is 7.05. The molecule has 1 fully saturated rings. The summed E-state index contributed by atoms with van der Waals surface area (Å²) < 4.78 is 33.1. The lowest BCUT2D eigenvalue weighted by atomic mass is 10.2. The largest absolute Gasteiger partial charge is 0.377 e. The van der Waals surface area contributed by atoms with Gasteiger partial charge in [-0.05, 0) is 37.5 Å². The molecule has 0 aliphatic carbocycles. The highest BCUT2D eigenvalue weighted by Crippen LogP contribution is 2.20. The van der Waals surface area contributed by atoms with Crippen LogP contribution >= 0.6 is 15.9 Å². The van der Waals surface area contributed by atoms with Crippen LogP contribution in [0.3, 0.4) is 0 Å². The van der Waals surface area contributed by atoms with E-state index in [4.69, 9.17) is 4.74 Å². The van der Waals surface area contributed by atoms with E-state index >= 15 is 0 Å². The Hall–Kier alpha value is -0.430. The van der Waals surface area contributed by atoms with E-state index in [-0.39, 0.29) is 6.10 Å². The van der Waals surface area contributed by atoms with Gasteiger partial charge in [0.1, 0.15) is 0 Å². The van der Waals surface area contributed by atoms with Crippen molar-refractivity contribution in [2.24, 2.45) is 0 Å². The van der Waals surface area contributed by atoms with Crippen LogP contribution in [-0.2, 0) is 14.8 Å². The molecule has 0 aromatic heterocycles. The van der Waals surface area contributed by atoms with Crippen LogP contribution in [0.5, 0.6) is 0 Å². The fourth-order valence-corrected chi connectivity index (χ4v) is 3.80. The topological polar surface area (TPSA) is 55.4 Å². The molecule has 6 heteroatoms. The van der Waals surface area contributed by atoms with Gasteiger partial charge in [-0.25, -0.2) is 13.1 Å². The zero-order valence-corrected chi connectivity index (χ0v) is 12.6. The Bertz CT molecular complexity index is 524. The normalized spacial score (nSPS) is 20.2. The molecule has 1 aliphatic heterocycles. The Morgan fingerprint density at radius 2 is 2.28 bits per heavy atom. The van der Waals surface area contributed by atoms with E-state index in [1.54, 1.807) is 19.1 Å². The second-order valence-electron chi connectivity index (χ2n) is 4.40. The average Bonchev–Trinajstić information content (AvgIpc) is 2.83. The summed E-state index contributed by atoms with van der Waals surface area (Å²) in [6.45, 7) is 2.85. The fraction of sp³-hybridized carbons (Fsp3) is 0.500. The van der Waals surface area contributed by atoms with E-state index in [1.807, 2.05) is 6.07 Å². The molecule has 1 aromatic carbocycles. The number of nitrogens with one attached hydrogen (secondary N) is 1. The van der Waals surface area contributed by atoms with E-state index in [1.165, 1.54) is 0 Å². The summed E-state index contributed by atoms with van der Waals surface area (Å²) in [7, 11) is -3.46. The maximum atomic E-state index is 12.2. The predicted octanol–water partition coefficient (Wildman–Crippen LogP) is 2.21. The van der Waals surface area contributed by atoms with Gasteiger partial charge in [-0.3, -0.25) is 0 Å². The molecule has 0 spiro atoms. The molecule has 4 nitrogen and oxygen atoms in total. The van der Waals surface area contributed by atoms with Crippen LogP contribution in [0, 0.1) is 6.92 Å². The van der Waals surface area contributed by atoms with Gasteiger partial charge in [-0.1, -0.05) is 22.0 Å². The molecule has 0 saturated carbocycles. The molecule has 100 valence electrons. The van der Waals surface area contributed by atoms with Crippen molar-refractivity contribution in [2.75, 3.05) is 13.2 Å². The van der Waals surface area contributed by atoms with Crippen molar-refractivity contribution < 1.29 is 13.2 Å². The number of ether oxygens (including phenoxy) is 1. The number of sulfonamides is 1. The number of hydrogen-bond acceptors (Lipinski definition) is 3. The first-order valence-corrected chi connectivity index (χ1v) is 8.14. The van der Waals surface area contributed by atoms with Crippen LogP contribution in [0.25, 0.3) is 0 Å². The highest BCUT2D eigenvalue weighted by atomic mass is 79.9. The summed E-state index contributed by atoms with van der Waals surface area (Å²) in [5, 5.41) is 0. The van der Waals surface area contributed by atoms with Crippen LogP contribution in [0.4, 0.5) is 0 Å². The van der Waals surface area contributed by atoms with Crippen molar-refractivity contribution in [3.63, 3.8) is 0 Å². The minimum Gasteiger partial charge on any atom is -0.377 e. The average molecular weight is 334 g/mol. The molecule has 2 rings (SSSR count). The SMILES string of the molecule is Cc1ccc(Br)cc1S(=O)(=O)NC[C@@H]1CCCO1. The molecule has 18 heavy (non-hydrogen) atoms. The van der Waals surface area contributed by atoms with Gasteiger partial charge in [-0.15, -0.1) is 0 Å². The highest BCUT2D eigenvalue weighted by molar-refractivity contribution is 9.10. The number of hydrogen-bond donors (Lipinski definition) is 1. The van der Waals surface area contributed by atoms with Crippen LogP contribution in [0.15, 0.2) is 27.6 Å². The molecule has 1 atom stereocenters. The van der Waals surface area contributed by atoms with Crippen molar-refractivity contribution in [1.82, 2.24) is 4.72 Å². The smallest absolute Gasteiger partial charge is 0.240 e. The zero-order valence-electron chi connectivity index (χ0n) is 10.1. The third-order valence-electron chi connectivity index (χ3n) is 2.96. The van der Waals surface area contributed by atoms with Crippen molar-refractivity contribution in [3.05, 3.63) is 28.2 Å². The molecule has 0 radical (unpaired) electrons. The monoisotopic (exact) mass is 333 g/mol. The number of aryl methyl sites for hydroxylation is 1. The molecule has 0 amide bonds. The molecule has 1 aliphatic rings. The highest BCUT2D eigenvalue weighted by Gasteiger charge is 2.21. The van der Waals surface area contributed by atoms with E-state index in [0.717, 1.165) is 29.5 Å². The molecule has 1 saturated heterocycles. The molecule has 0 unspecified atom stereocenters. The Kier molecular flexibility index (Phi) is 4.42. The van der Waals surface area contributed by atoms with Crippen molar-refractivity contribution in [2.45, 2.75) is 30.8 Å². The number of halogens is 1. The maximum absolute atomic E-state index is 12.2. The third-order valence-corrected chi connectivity index (χ3v) is 5.02. The van der Waals surface area contributed by atoms with Crippen LogP contribution < -0.4 is 4.72 Å². The van der Waals surface area contributed by atoms with Gasteiger partial charge in [0.05, 0.1) is 11.0 Å². The minimum atomic E-state index is -3.46. The molecular formula is C12H16BrNO3S. The summed E-state index contributed by atoms with van der Waals surface area (Å²) in [4.78, 5) is 0.315. The maximum Gasteiger partial charge on any atom is 0.240 e. The summed E-state index contributed by atoms with van der Waals surface area (Å²) in [6, 6.07) is 5.23. The van der Waals surface area contributed by atoms with E-state index in [9.17, 15) is 8.42 Å². The minimum absolute atomic E-state index is 0.00670. The summed E-state index contributed by atoms with van der Waals surface area (Å²) in [5.74, 6) is 0. The third kappa shape index (κ3) is 3.32. The van der Waals surface area contributed by atoms with Gasteiger partial charge >= 0.3 is 0 Å². The van der Waals surface area contributed by atoms with Gasteiger partial charge in [-0.2, -0.15) is 0 Å². The lowest BCUT2D eigenvalue weighted by molar-refractivity contribution is 0.114. The molecule has 1 heterocycles. The van der Waals surface area contributed by atoms with Gasteiger partial charge < -0.3 is 4.74 Å². The van der Waals surface area contributed by atoms with E-state index in [0.29, 0.717) is 11.4 Å². The molecule has 1 aromatic rings. The van der Waals surface area contributed by atoms with E-state index in [2.05, 4.69) is 20.7 Å². The van der Waals surface area contributed by atoms with Crippen LogP contribution in [-0.4, -0.2) is 27.7 Å². The zero-order chi connectivity index (χ0) is 13.2. The predicted molar refractivity (Wildman–Crippen MR) is 73.0 cm³/mol. The fourth-order valence-electron chi connectivity index (χ4n) is 1.95. The van der Waals surface area contributed by atoms with Gasteiger partial charge in [0.2, 0.25) is 10.0 Å². The lowest BCUT2D eigenvalue weighted by Gasteiger charge is -2.13. The standard InChI is InChI=1S/C12H16BrNO3S/c1-9-4-5-10(13)7-12(9)18(15,16)14-8-11-3-2-6-17-11/h4-5,7,11,14H,2-3,6,8H2,1H3/t11-/m0/s1. The molecule has 1 N–H and O–H groups in total. The van der Waals surface area contributed by atoms with Crippen molar-refractivity contribution >= 4 is 26.0 Å². The van der Waals surface area contributed by atoms with E-state index < -0.39 is 10.0 Å². The summed E-state index contributed by atoms with van der Waals surface area (Å²) in [6.07, 6.45) is 1.93. The molecule has 0 bridgehead atoms. The second kappa shape index (κ2) is 5.69. The number of rotatable bonds is 4. The van der Waals surface area contributed by atoms with Gasteiger partial charge in [0.25, 0.3) is 0 Å². The van der Waals surface area contributed by atoms with Crippen LogP contribution in [0.2, 0.25) is 0 Å². The van der Waals surface area contributed by atoms with Gasteiger partial charge in [0, 0.05) is 17.6 Å². The Balaban J connectivity index is 2.12. The molecular weight excluding hydrogens is 318 g/mol. The first-order chi connectivity index (χ1) is 8.49. The Morgan fingerprint density at radius 1 is 1.50 bits per heavy atom. The van der Waals surface area contributed by atoms with Gasteiger partial charge in [0.15, 0.2) is 0 Å². The van der Waals surface area contributed by atoms with Crippen molar-refractivity contribution in [3.8, 4) is 0 Å². The first kappa shape index (κ1) is 14.0. The Labute approximate surface area is 116 Å². The van der Waals surface area contributed by atoms with Crippen molar-refractivity contribution in [1.29, 1.82) is 0 Å². The van der Waals surface area contributed by atoms with Crippen LogP contribution in [0.1, 0.15) is 18.4 Å². The Morgan fingerprint density at radius 3 is 2.94 bits per heavy atom. The first-order valence-electron chi connectivity index (χ1n) is 5.86. The summed E-state index contributed by atoms with van der Waals surface area (Å²) in [5.41, 5.74) is 0.734.